The van der Waals surface area contributed by atoms with Crippen molar-refractivity contribution in [3.63, 3.8) is 0 Å². The average Bonchev–Trinajstić information content (AvgIpc) is 3.52. The van der Waals surface area contributed by atoms with Crippen LogP contribution in [0.2, 0.25) is 0 Å². The molecule has 166 valence electrons. The van der Waals surface area contributed by atoms with Crippen molar-refractivity contribution in [2.24, 2.45) is 0 Å². The molecule has 0 saturated heterocycles. The fourth-order valence-electron chi connectivity index (χ4n) is 3.74. The summed E-state index contributed by atoms with van der Waals surface area (Å²) in [5, 5.41) is 14.9. The second-order valence-electron chi connectivity index (χ2n) is 7.52. The number of nitrogens with one attached hydrogen (secondary N) is 1. The van der Waals surface area contributed by atoms with E-state index < -0.39 is 0 Å². The molecule has 5 rings (SSSR count). The molecule has 1 aromatic carbocycles. The van der Waals surface area contributed by atoms with Gasteiger partial charge in [-0.2, -0.15) is 5.10 Å². The molecule has 0 fully saturated rings. The third-order valence-electron chi connectivity index (χ3n) is 5.44. The molecule has 1 aliphatic rings. The number of anilines is 2. The van der Waals surface area contributed by atoms with Gasteiger partial charge in [-0.25, -0.2) is 9.67 Å². The highest BCUT2D eigenvalue weighted by Gasteiger charge is 2.28. The number of rotatable bonds is 6. The quantitative estimate of drug-likeness (QED) is 0.486. The predicted molar refractivity (Wildman–Crippen MR) is 122 cm³/mol. The summed E-state index contributed by atoms with van der Waals surface area (Å²) in [5.41, 5.74) is 3.43. The second kappa shape index (κ2) is 8.58. The van der Waals surface area contributed by atoms with Crippen molar-refractivity contribution in [2.45, 2.75) is 13.1 Å². The van der Waals surface area contributed by atoms with Crippen LogP contribution < -0.4 is 10.2 Å². The molecule has 0 saturated carbocycles. The van der Waals surface area contributed by atoms with Gasteiger partial charge in [0.05, 0.1) is 6.54 Å². The number of benzene rings is 1. The minimum atomic E-state index is -0.0716. The van der Waals surface area contributed by atoms with E-state index in [1.807, 2.05) is 53.6 Å². The Labute approximate surface area is 190 Å². The largest absolute Gasteiger partial charge is 0.406 e. The van der Waals surface area contributed by atoms with E-state index in [-0.39, 0.29) is 19.0 Å². The molecule has 10 heteroatoms. The minimum Gasteiger partial charge on any atom is -0.406 e. The van der Waals surface area contributed by atoms with Crippen LogP contribution in [0.4, 0.5) is 11.7 Å². The lowest BCUT2D eigenvalue weighted by atomic mass is 10.1. The smallest absolute Gasteiger partial charge is 0.315 e. The lowest BCUT2D eigenvalue weighted by Gasteiger charge is -2.26. The van der Waals surface area contributed by atoms with Crippen molar-refractivity contribution in [2.75, 3.05) is 23.8 Å². The summed E-state index contributed by atoms with van der Waals surface area (Å²) >= 11 is 0. The van der Waals surface area contributed by atoms with Crippen LogP contribution >= 0.6 is 0 Å². The Hall–Kier alpha value is -4.47. The van der Waals surface area contributed by atoms with Crippen LogP contribution in [0.3, 0.4) is 0 Å². The van der Waals surface area contributed by atoms with Crippen LogP contribution in [-0.4, -0.2) is 49.4 Å². The number of hydrogen-bond donors (Lipinski definition) is 1. The van der Waals surface area contributed by atoms with Crippen LogP contribution in [0.5, 0.6) is 0 Å². The van der Waals surface area contributed by atoms with E-state index in [0.717, 1.165) is 16.8 Å². The summed E-state index contributed by atoms with van der Waals surface area (Å²) in [4.78, 5) is 21.4. The van der Waals surface area contributed by atoms with Crippen LogP contribution in [0.15, 0.2) is 72.1 Å². The topological polar surface area (TPSA) is 105 Å². The normalized spacial score (nSPS) is 13.5. The van der Waals surface area contributed by atoms with Crippen LogP contribution in [0.25, 0.3) is 11.5 Å². The van der Waals surface area contributed by atoms with Crippen molar-refractivity contribution < 1.29 is 9.21 Å². The molecular formula is C23H22N8O2. The van der Waals surface area contributed by atoms with Gasteiger partial charge in [-0.3, -0.25) is 4.79 Å². The van der Waals surface area contributed by atoms with Gasteiger partial charge in [-0.05, 0) is 29.8 Å². The number of para-hydroxylation sites is 1. The predicted octanol–water partition coefficient (Wildman–Crippen LogP) is 2.71. The van der Waals surface area contributed by atoms with Gasteiger partial charge in [0.15, 0.2) is 5.82 Å². The standard InChI is InChI=1S/C23H22N8O2/c1-16(17-8-9-20(25-12-17)31-11-5-10-26-31)30-15-22(32)29(13-18-6-3-4-7-19(18)30)14-21-27-28-23(24-2)33-21/h3-12H,1,13-15H2,2H3,(H,24,28). The van der Waals surface area contributed by atoms with Crippen LogP contribution in [0, 0.1) is 0 Å². The van der Waals surface area contributed by atoms with Gasteiger partial charge in [0.1, 0.15) is 6.54 Å². The maximum atomic E-state index is 13.2. The average molecular weight is 442 g/mol. The molecule has 0 unspecified atom stereocenters. The Morgan fingerprint density at radius 1 is 1.15 bits per heavy atom. The molecule has 4 aromatic rings. The van der Waals surface area contributed by atoms with Crippen molar-refractivity contribution in [3.8, 4) is 5.82 Å². The molecule has 1 aliphatic heterocycles. The Morgan fingerprint density at radius 3 is 2.76 bits per heavy atom. The first-order valence-electron chi connectivity index (χ1n) is 10.4. The SMILES string of the molecule is C=C(c1ccc(-n2cccn2)nc1)N1CC(=O)N(Cc2nnc(NC)o2)Cc2ccccc21. The zero-order valence-electron chi connectivity index (χ0n) is 18.0. The number of hydrogen-bond acceptors (Lipinski definition) is 8. The van der Waals surface area contributed by atoms with E-state index in [1.165, 1.54) is 0 Å². The summed E-state index contributed by atoms with van der Waals surface area (Å²) in [6, 6.07) is 13.9. The van der Waals surface area contributed by atoms with E-state index in [2.05, 4.69) is 32.2 Å². The van der Waals surface area contributed by atoms with E-state index in [1.54, 1.807) is 29.0 Å². The maximum absolute atomic E-state index is 13.2. The minimum absolute atomic E-state index is 0.0716. The van der Waals surface area contributed by atoms with E-state index in [0.29, 0.717) is 30.0 Å². The van der Waals surface area contributed by atoms with Gasteiger partial charge in [0.2, 0.25) is 11.8 Å². The monoisotopic (exact) mass is 442 g/mol. The highest BCUT2D eigenvalue weighted by atomic mass is 16.4. The zero-order chi connectivity index (χ0) is 22.8. The molecule has 3 aromatic heterocycles. The van der Waals surface area contributed by atoms with Gasteiger partial charge in [-0.15, -0.1) is 5.10 Å². The van der Waals surface area contributed by atoms with E-state index in [9.17, 15) is 4.79 Å². The maximum Gasteiger partial charge on any atom is 0.315 e. The van der Waals surface area contributed by atoms with Gasteiger partial charge in [-0.1, -0.05) is 29.9 Å². The number of nitrogens with zero attached hydrogens (tertiary/aromatic N) is 7. The molecule has 33 heavy (non-hydrogen) atoms. The molecule has 0 radical (unpaired) electrons. The molecule has 1 N–H and O–H groups in total. The van der Waals surface area contributed by atoms with Crippen LogP contribution in [0.1, 0.15) is 17.0 Å². The number of carbonyl (C=O) groups excluding carboxylic acids is 1. The molecule has 0 aliphatic carbocycles. The molecule has 0 spiro atoms. The first-order valence-corrected chi connectivity index (χ1v) is 10.4. The summed E-state index contributed by atoms with van der Waals surface area (Å²) < 4.78 is 7.21. The fourth-order valence-corrected chi connectivity index (χ4v) is 3.74. The van der Waals surface area contributed by atoms with Gasteiger partial charge in [0, 0.05) is 49.1 Å². The number of amides is 1. The van der Waals surface area contributed by atoms with Gasteiger partial charge < -0.3 is 19.5 Å². The van der Waals surface area contributed by atoms with Crippen molar-refractivity contribution in [3.05, 3.63) is 84.7 Å². The Bertz CT molecular complexity index is 1280. The fraction of sp³-hybridized carbons (Fsp3) is 0.174. The molecule has 4 heterocycles. The number of pyridine rings is 1. The highest BCUT2D eigenvalue weighted by Crippen LogP contribution is 2.32. The third kappa shape index (κ3) is 4.05. The first-order chi connectivity index (χ1) is 16.1. The molecule has 0 bridgehead atoms. The Morgan fingerprint density at radius 2 is 2.03 bits per heavy atom. The van der Waals surface area contributed by atoms with E-state index in [4.69, 9.17) is 4.42 Å². The van der Waals surface area contributed by atoms with Crippen molar-refractivity contribution >= 4 is 23.3 Å². The lowest BCUT2D eigenvalue weighted by molar-refractivity contribution is -0.130. The Kier molecular flexibility index (Phi) is 5.31. The van der Waals surface area contributed by atoms with Crippen LogP contribution in [-0.2, 0) is 17.9 Å². The molecular weight excluding hydrogens is 420 g/mol. The van der Waals surface area contributed by atoms with Gasteiger partial charge in [0.25, 0.3) is 0 Å². The third-order valence-corrected chi connectivity index (χ3v) is 5.44. The summed E-state index contributed by atoms with van der Waals surface area (Å²) in [7, 11) is 1.70. The van der Waals surface area contributed by atoms with Gasteiger partial charge >= 0.3 is 6.01 Å². The number of carbonyl (C=O) groups is 1. The number of aromatic nitrogens is 5. The molecule has 1 amide bonds. The lowest BCUT2D eigenvalue weighted by Crippen LogP contribution is -2.36. The number of fused-ring (bicyclic) bond motifs is 1. The summed E-state index contributed by atoms with van der Waals surface area (Å²) in [6.07, 6.45) is 5.28. The first kappa shape index (κ1) is 20.4. The highest BCUT2D eigenvalue weighted by molar-refractivity contribution is 5.90. The zero-order valence-corrected chi connectivity index (χ0v) is 18.0. The van der Waals surface area contributed by atoms with Crippen molar-refractivity contribution in [1.29, 1.82) is 0 Å². The van der Waals surface area contributed by atoms with E-state index >= 15 is 0 Å². The summed E-state index contributed by atoms with van der Waals surface area (Å²) in [5.74, 6) is 1.00. The Balaban J connectivity index is 1.42. The molecule has 0 atom stereocenters. The molecule has 10 nitrogen and oxygen atoms in total. The van der Waals surface area contributed by atoms with Crippen molar-refractivity contribution in [1.82, 2.24) is 29.9 Å². The second-order valence-corrected chi connectivity index (χ2v) is 7.52. The summed E-state index contributed by atoms with van der Waals surface area (Å²) in [6.45, 7) is 5.06.